The number of nitrogens with zero attached hydrogens (tertiary/aromatic N) is 2. The van der Waals surface area contributed by atoms with Crippen molar-refractivity contribution < 1.29 is 19.8 Å². The topological polar surface area (TPSA) is 99.8 Å². The molecular formula is C25H26N2O5. The third-order valence-corrected chi connectivity index (χ3v) is 5.30. The van der Waals surface area contributed by atoms with Gasteiger partial charge >= 0.3 is 11.9 Å². The zero-order valence-corrected chi connectivity index (χ0v) is 17.7. The molecule has 0 aliphatic carbocycles. The van der Waals surface area contributed by atoms with E-state index in [2.05, 4.69) is 17.0 Å². The van der Waals surface area contributed by atoms with Crippen LogP contribution in [0.25, 0.3) is 21.9 Å². The largest absolute Gasteiger partial charge is 0.478 e. The van der Waals surface area contributed by atoms with Crippen LogP contribution in [0.3, 0.4) is 0 Å². The molecule has 3 aromatic rings. The van der Waals surface area contributed by atoms with Gasteiger partial charge in [0.15, 0.2) is 0 Å². The van der Waals surface area contributed by atoms with Crippen LogP contribution in [0.4, 0.5) is 0 Å². The molecule has 1 saturated heterocycles. The van der Waals surface area contributed by atoms with Crippen molar-refractivity contribution in [2.75, 3.05) is 19.6 Å². The normalized spacial score (nSPS) is 13.8. The third-order valence-electron chi connectivity index (χ3n) is 5.30. The minimum Gasteiger partial charge on any atom is -0.478 e. The van der Waals surface area contributed by atoms with E-state index in [1.807, 2.05) is 53.2 Å². The molecule has 1 aliphatic heterocycles. The Hall–Kier alpha value is -3.71. The van der Waals surface area contributed by atoms with Gasteiger partial charge in [-0.1, -0.05) is 48.5 Å². The summed E-state index contributed by atoms with van der Waals surface area (Å²) in [6.07, 6.45) is 5.71. The molecule has 0 amide bonds. The Labute approximate surface area is 185 Å². The van der Waals surface area contributed by atoms with E-state index in [1.165, 1.54) is 12.8 Å². The van der Waals surface area contributed by atoms with Crippen LogP contribution >= 0.6 is 0 Å². The van der Waals surface area contributed by atoms with Crippen molar-refractivity contribution in [1.29, 1.82) is 0 Å². The second-order valence-electron chi connectivity index (χ2n) is 7.51. The molecule has 0 spiro atoms. The lowest BCUT2D eigenvalue weighted by atomic mass is 10.0. The van der Waals surface area contributed by atoms with Crippen molar-refractivity contribution >= 4 is 22.7 Å². The Kier molecular flexibility index (Phi) is 7.94. The standard InChI is InChI=1S/C21H22N2O.C4H4O4/c24-21-19-11-5-4-10-18(19)20(17-8-2-1-3-9-17)16-23(21)15-14-22-12-6-7-13-22;5-3(6)1-2-4(7)8/h1-5,8-11,16H,6-7,12-15H2;1-2H,(H,5,6)(H,7,8)/b;2-1-. The Morgan fingerprint density at radius 2 is 1.38 bits per heavy atom. The molecule has 4 rings (SSSR count). The number of aromatic nitrogens is 1. The number of carbonyl (C=O) groups is 2. The molecule has 0 unspecified atom stereocenters. The maximum atomic E-state index is 12.9. The van der Waals surface area contributed by atoms with Crippen molar-refractivity contribution in [2.24, 2.45) is 0 Å². The predicted octanol–water partition coefficient (Wildman–Crippen LogP) is 3.48. The molecule has 166 valence electrons. The molecular weight excluding hydrogens is 408 g/mol. The van der Waals surface area contributed by atoms with Gasteiger partial charge in [-0.3, -0.25) is 4.79 Å². The maximum Gasteiger partial charge on any atom is 0.328 e. The highest BCUT2D eigenvalue weighted by Gasteiger charge is 2.13. The molecule has 32 heavy (non-hydrogen) atoms. The van der Waals surface area contributed by atoms with Crippen LogP contribution in [0.2, 0.25) is 0 Å². The van der Waals surface area contributed by atoms with Gasteiger partial charge in [0.05, 0.1) is 0 Å². The average molecular weight is 434 g/mol. The fraction of sp³-hybridized carbons (Fsp3) is 0.240. The minimum atomic E-state index is -1.26. The van der Waals surface area contributed by atoms with E-state index >= 15 is 0 Å². The third kappa shape index (κ3) is 6.15. The fourth-order valence-corrected chi connectivity index (χ4v) is 3.76. The quantitative estimate of drug-likeness (QED) is 0.576. The van der Waals surface area contributed by atoms with Gasteiger partial charge in [-0.2, -0.15) is 0 Å². The monoisotopic (exact) mass is 434 g/mol. The second kappa shape index (κ2) is 11.1. The fourth-order valence-electron chi connectivity index (χ4n) is 3.76. The second-order valence-corrected chi connectivity index (χ2v) is 7.51. The van der Waals surface area contributed by atoms with E-state index < -0.39 is 11.9 Å². The van der Waals surface area contributed by atoms with Gasteiger partial charge < -0.3 is 19.7 Å². The van der Waals surface area contributed by atoms with E-state index in [0.717, 1.165) is 48.1 Å². The Morgan fingerprint density at radius 3 is 1.97 bits per heavy atom. The molecule has 2 heterocycles. The first-order chi connectivity index (χ1) is 15.5. The molecule has 1 aromatic heterocycles. The SMILES string of the molecule is O=C(O)/C=C\C(=O)O.O=c1c2ccccc2c(-c2ccccc2)cn1CCN1CCCC1. The summed E-state index contributed by atoms with van der Waals surface area (Å²) in [4.78, 5) is 34.4. The van der Waals surface area contributed by atoms with Gasteiger partial charge in [-0.15, -0.1) is 0 Å². The van der Waals surface area contributed by atoms with Crippen LogP contribution in [0.15, 0.2) is 77.7 Å². The van der Waals surface area contributed by atoms with Crippen molar-refractivity contribution in [3.05, 3.63) is 83.3 Å². The highest BCUT2D eigenvalue weighted by Crippen LogP contribution is 2.26. The Morgan fingerprint density at radius 1 is 0.812 bits per heavy atom. The number of pyridine rings is 1. The first kappa shape index (κ1) is 23.0. The number of carboxylic acids is 2. The van der Waals surface area contributed by atoms with E-state index in [0.29, 0.717) is 12.2 Å². The minimum absolute atomic E-state index is 0.115. The van der Waals surface area contributed by atoms with Gasteiger partial charge in [0, 0.05) is 42.4 Å². The Balaban J connectivity index is 0.000000312. The van der Waals surface area contributed by atoms with E-state index in [4.69, 9.17) is 10.2 Å². The molecule has 2 N–H and O–H groups in total. The first-order valence-corrected chi connectivity index (χ1v) is 10.5. The molecule has 7 nitrogen and oxygen atoms in total. The average Bonchev–Trinajstić information content (AvgIpc) is 3.32. The number of likely N-dealkylation sites (tertiary alicyclic amines) is 1. The van der Waals surface area contributed by atoms with Gasteiger partial charge in [-0.05, 0) is 42.9 Å². The zero-order valence-electron chi connectivity index (χ0n) is 17.7. The first-order valence-electron chi connectivity index (χ1n) is 10.5. The van der Waals surface area contributed by atoms with Crippen molar-refractivity contribution in [1.82, 2.24) is 9.47 Å². The zero-order chi connectivity index (χ0) is 22.9. The van der Waals surface area contributed by atoms with Crippen LogP contribution in [-0.4, -0.2) is 51.3 Å². The summed E-state index contributed by atoms with van der Waals surface area (Å²) in [5, 5.41) is 17.5. The highest BCUT2D eigenvalue weighted by atomic mass is 16.4. The number of carboxylic acid groups (broad SMARTS) is 2. The van der Waals surface area contributed by atoms with Crippen LogP contribution in [0.1, 0.15) is 12.8 Å². The van der Waals surface area contributed by atoms with Crippen molar-refractivity contribution in [3.63, 3.8) is 0 Å². The lowest BCUT2D eigenvalue weighted by Crippen LogP contribution is -2.29. The van der Waals surface area contributed by atoms with Crippen LogP contribution in [0.5, 0.6) is 0 Å². The smallest absolute Gasteiger partial charge is 0.328 e. The van der Waals surface area contributed by atoms with Gasteiger partial charge in [0.1, 0.15) is 0 Å². The molecule has 7 heteroatoms. The number of hydrogen-bond acceptors (Lipinski definition) is 4. The predicted molar refractivity (Wildman–Crippen MR) is 124 cm³/mol. The number of fused-ring (bicyclic) bond motifs is 1. The number of benzene rings is 2. The number of rotatable bonds is 6. The summed E-state index contributed by atoms with van der Waals surface area (Å²) in [5.74, 6) is -2.51. The number of hydrogen-bond donors (Lipinski definition) is 2. The lowest BCUT2D eigenvalue weighted by Gasteiger charge is -2.17. The molecule has 0 radical (unpaired) electrons. The summed E-state index contributed by atoms with van der Waals surface area (Å²) in [5.41, 5.74) is 2.40. The summed E-state index contributed by atoms with van der Waals surface area (Å²) < 4.78 is 1.89. The maximum absolute atomic E-state index is 12.9. The summed E-state index contributed by atoms with van der Waals surface area (Å²) in [7, 11) is 0. The summed E-state index contributed by atoms with van der Waals surface area (Å²) >= 11 is 0. The van der Waals surface area contributed by atoms with Crippen LogP contribution in [-0.2, 0) is 16.1 Å². The summed E-state index contributed by atoms with van der Waals surface area (Å²) in [6.45, 7) is 4.03. The molecule has 2 aromatic carbocycles. The van der Waals surface area contributed by atoms with Gasteiger partial charge in [-0.25, -0.2) is 9.59 Å². The summed E-state index contributed by atoms with van der Waals surface area (Å²) in [6, 6.07) is 18.3. The van der Waals surface area contributed by atoms with Crippen LogP contribution in [0, 0.1) is 0 Å². The van der Waals surface area contributed by atoms with E-state index in [1.54, 1.807) is 0 Å². The number of aliphatic carboxylic acids is 2. The Bertz CT molecular complexity index is 1150. The van der Waals surface area contributed by atoms with Crippen molar-refractivity contribution in [3.8, 4) is 11.1 Å². The van der Waals surface area contributed by atoms with Gasteiger partial charge in [0.25, 0.3) is 5.56 Å². The lowest BCUT2D eigenvalue weighted by molar-refractivity contribution is -0.134. The van der Waals surface area contributed by atoms with E-state index in [-0.39, 0.29) is 5.56 Å². The highest BCUT2D eigenvalue weighted by molar-refractivity contribution is 5.95. The van der Waals surface area contributed by atoms with Crippen molar-refractivity contribution in [2.45, 2.75) is 19.4 Å². The van der Waals surface area contributed by atoms with Gasteiger partial charge in [0.2, 0.25) is 0 Å². The molecule has 0 saturated carbocycles. The van der Waals surface area contributed by atoms with E-state index in [9.17, 15) is 14.4 Å². The molecule has 0 atom stereocenters. The molecule has 1 aliphatic rings. The molecule has 0 bridgehead atoms. The molecule has 1 fully saturated rings. The van der Waals surface area contributed by atoms with Crippen LogP contribution < -0.4 is 5.56 Å².